The largest absolute Gasteiger partial charge is 0.351 e. The van der Waals surface area contributed by atoms with Crippen LogP contribution < -0.4 is 11.1 Å². The molecule has 2 atom stereocenters. The average molecular weight is 200 g/mol. The van der Waals surface area contributed by atoms with Crippen LogP contribution in [0.15, 0.2) is 0 Å². The van der Waals surface area contributed by atoms with Crippen LogP contribution in [0.2, 0.25) is 0 Å². The minimum Gasteiger partial charge on any atom is -0.351 e. The molecule has 0 fully saturated rings. The highest BCUT2D eigenvalue weighted by Gasteiger charge is 2.25. The molecule has 1 amide bonds. The van der Waals surface area contributed by atoms with Crippen molar-refractivity contribution in [2.75, 3.05) is 0 Å². The summed E-state index contributed by atoms with van der Waals surface area (Å²) in [5.74, 6) is -0.0568. The lowest BCUT2D eigenvalue weighted by molar-refractivity contribution is -0.126. The SMILES string of the molecule is CCC(C)(CC)NC(=O)C(C)C(C)N. The van der Waals surface area contributed by atoms with Crippen molar-refractivity contribution in [2.45, 2.75) is 59.0 Å². The van der Waals surface area contributed by atoms with E-state index in [1.54, 1.807) is 0 Å². The summed E-state index contributed by atoms with van der Waals surface area (Å²) < 4.78 is 0. The van der Waals surface area contributed by atoms with Crippen molar-refractivity contribution in [1.29, 1.82) is 0 Å². The summed E-state index contributed by atoms with van der Waals surface area (Å²) in [7, 11) is 0. The third-order valence-corrected chi connectivity index (χ3v) is 3.19. The van der Waals surface area contributed by atoms with E-state index in [2.05, 4.69) is 26.1 Å². The summed E-state index contributed by atoms with van der Waals surface area (Å²) in [5.41, 5.74) is 5.59. The lowest BCUT2D eigenvalue weighted by atomic mass is 9.93. The number of nitrogens with two attached hydrogens (primary N) is 1. The summed E-state index contributed by atoms with van der Waals surface area (Å²) in [4.78, 5) is 11.7. The van der Waals surface area contributed by atoms with Crippen LogP contribution in [0.1, 0.15) is 47.5 Å². The number of hydrogen-bond donors (Lipinski definition) is 2. The molecule has 0 bridgehead atoms. The zero-order valence-corrected chi connectivity index (χ0v) is 10.1. The van der Waals surface area contributed by atoms with Crippen molar-refractivity contribution >= 4 is 5.91 Å². The van der Waals surface area contributed by atoms with Crippen LogP contribution in [-0.4, -0.2) is 17.5 Å². The predicted molar refractivity (Wildman–Crippen MR) is 59.9 cm³/mol. The standard InChI is InChI=1S/C11H24N2O/c1-6-11(5,7-2)13-10(14)8(3)9(4)12/h8-9H,6-7,12H2,1-5H3,(H,13,14). The van der Waals surface area contributed by atoms with Gasteiger partial charge in [-0.25, -0.2) is 0 Å². The number of carbonyl (C=O) groups is 1. The fraction of sp³-hybridized carbons (Fsp3) is 0.909. The van der Waals surface area contributed by atoms with Crippen molar-refractivity contribution in [2.24, 2.45) is 11.7 Å². The summed E-state index contributed by atoms with van der Waals surface area (Å²) >= 11 is 0. The van der Waals surface area contributed by atoms with E-state index in [4.69, 9.17) is 5.73 Å². The molecule has 3 heteroatoms. The summed E-state index contributed by atoms with van der Waals surface area (Å²) in [5, 5.41) is 3.05. The van der Waals surface area contributed by atoms with Gasteiger partial charge in [-0.2, -0.15) is 0 Å². The first-order valence-corrected chi connectivity index (χ1v) is 5.44. The van der Waals surface area contributed by atoms with E-state index in [0.29, 0.717) is 0 Å². The molecule has 2 unspecified atom stereocenters. The molecule has 0 aliphatic carbocycles. The second-order valence-corrected chi connectivity index (χ2v) is 4.40. The minimum atomic E-state index is -0.118. The van der Waals surface area contributed by atoms with Crippen molar-refractivity contribution < 1.29 is 4.79 Å². The lowest BCUT2D eigenvalue weighted by Crippen LogP contribution is -2.49. The summed E-state index contributed by atoms with van der Waals surface area (Å²) in [6, 6.07) is -0.0898. The molecule has 0 heterocycles. The van der Waals surface area contributed by atoms with Crippen LogP contribution in [-0.2, 0) is 4.79 Å². The lowest BCUT2D eigenvalue weighted by Gasteiger charge is -2.30. The predicted octanol–water partition coefficient (Wildman–Crippen LogP) is 1.66. The molecule has 84 valence electrons. The van der Waals surface area contributed by atoms with Gasteiger partial charge in [-0.05, 0) is 26.7 Å². The Morgan fingerprint density at radius 1 is 1.36 bits per heavy atom. The smallest absolute Gasteiger partial charge is 0.224 e. The molecule has 0 saturated carbocycles. The highest BCUT2D eigenvalue weighted by Crippen LogP contribution is 2.14. The fourth-order valence-corrected chi connectivity index (χ4v) is 1.08. The molecular weight excluding hydrogens is 176 g/mol. The fourth-order valence-electron chi connectivity index (χ4n) is 1.08. The Labute approximate surface area is 87.4 Å². The molecule has 0 saturated heterocycles. The Hall–Kier alpha value is -0.570. The van der Waals surface area contributed by atoms with E-state index in [9.17, 15) is 4.79 Å². The third-order valence-electron chi connectivity index (χ3n) is 3.19. The van der Waals surface area contributed by atoms with E-state index in [1.807, 2.05) is 13.8 Å². The second kappa shape index (κ2) is 5.35. The van der Waals surface area contributed by atoms with E-state index in [-0.39, 0.29) is 23.4 Å². The van der Waals surface area contributed by atoms with Gasteiger partial charge in [0.25, 0.3) is 0 Å². The average Bonchev–Trinajstić information content (AvgIpc) is 2.16. The molecule has 14 heavy (non-hydrogen) atoms. The molecule has 0 radical (unpaired) electrons. The maximum atomic E-state index is 11.7. The highest BCUT2D eigenvalue weighted by atomic mass is 16.2. The molecule has 0 aromatic rings. The molecular formula is C11H24N2O. The Bertz CT molecular complexity index is 186. The zero-order chi connectivity index (χ0) is 11.4. The van der Waals surface area contributed by atoms with E-state index in [0.717, 1.165) is 12.8 Å². The molecule has 3 nitrogen and oxygen atoms in total. The summed E-state index contributed by atoms with van der Waals surface area (Å²) in [6.45, 7) is 9.96. The Morgan fingerprint density at radius 3 is 2.07 bits per heavy atom. The first kappa shape index (κ1) is 13.4. The summed E-state index contributed by atoms with van der Waals surface area (Å²) in [6.07, 6.45) is 1.89. The molecule has 0 rings (SSSR count). The Morgan fingerprint density at radius 2 is 1.79 bits per heavy atom. The van der Waals surface area contributed by atoms with E-state index < -0.39 is 0 Å². The van der Waals surface area contributed by atoms with Crippen LogP contribution >= 0.6 is 0 Å². The van der Waals surface area contributed by atoms with Crippen molar-refractivity contribution in [3.8, 4) is 0 Å². The van der Waals surface area contributed by atoms with Gasteiger partial charge < -0.3 is 11.1 Å². The first-order valence-electron chi connectivity index (χ1n) is 5.44. The first-order chi connectivity index (χ1) is 6.36. The molecule has 0 aliphatic rings. The molecule has 0 aromatic carbocycles. The number of hydrogen-bond acceptors (Lipinski definition) is 2. The van der Waals surface area contributed by atoms with Crippen LogP contribution in [0.3, 0.4) is 0 Å². The Kier molecular flexibility index (Phi) is 5.13. The van der Waals surface area contributed by atoms with Crippen LogP contribution in [0.5, 0.6) is 0 Å². The normalized spacial score (nSPS) is 16.1. The molecule has 0 aromatic heterocycles. The van der Waals surface area contributed by atoms with E-state index >= 15 is 0 Å². The van der Waals surface area contributed by atoms with Crippen LogP contribution in [0.4, 0.5) is 0 Å². The van der Waals surface area contributed by atoms with Gasteiger partial charge in [0.05, 0.1) is 0 Å². The van der Waals surface area contributed by atoms with Crippen LogP contribution in [0, 0.1) is 5.92 Å². The van der Waals surface area contributed by atoms with Gasteiger partial charge in [0.1, 0.15) is 0 Å². The Balaban J connectivity index is 4.30. The topological polar surface area (TPSA) is 55.1 Å². The number of amides is 1. The molecule has 0 aliphatic heterocycles. The highest BCUT2D eigenvalue weighted by molar-refractivity contribution is 5.79. The monoisotopic (exact) mass is 200 g/mol. The van der Waals surface area contributed by atoms with Crippen molar-refractivity contribution in [3.05, 3.63) is 0 Å². The molecule has 3 N–H and O–H groups in total. The van der Waals surface area contributed by atoms with Gasteiger partial charge in [0.2, 0.25) is 5.91 Å². The maximum absolute atomic E-state index is 11.7. The van der Waals surface area contributed by atoms with Crippen molar-refractivity contribution in [1.82, 2.24) is 5.32 Å². The van der Waals surface area contributed by atoms with Gasteiger partial charge >= 0.3 is 0 Å². The maximum Gasteiger partial charge on any atom is 0.224 e. The quantitative estimate of drug-likeness (QED) is 0.709. The van der Waals surface area contributed by atoms with Gasteiger partial charge in [0.15, 0.2) is 0 Å². The van der Waals surface area contributed by atoms with Crippen LogP contribution in [0.25, 0.3) is 0 Å². The van der Waals surface area contributed by atoms with Gasteiger partial charge in [0, 0.05) is 17.5 Å². The molecule has 0 spiro atoms. The van der Waals surface area contributed by atoms with Gasteiger partial charge in [-0.15, -0.1) is 0 Å². The van der Waals surface area contributed by atoms with Gasteiger partial charge in [-0.1, -0.05) is 20.8 Å². The second-order valence-electron chi connectivity index (χ2n) is 4.40. The number of nitrogens with one attached hydrogen (secondary N) is 1. The number of rotatable bonds is 5. The van der Waals surface area contributed by atoms with Gasteiger partial charge in [-0.3, -0.25) is 4.79 Å². The zero-order valence-electron chi connectivity index (χ0n) is 10.1. The number of carbonyl (C=O) groups excluding carboxylic acids is 1. The third kappa shape index (κ3) is 3.66. The van der Waals surface area contributed by atoms with E-state index in [1.165, 1.54) is 0 Å². The minimum absolute atomic E-state index is 0.0613. The van der Waals surface area contributed by atoms with Crippen molar-refractivity contribution in [3.63, 3.8) is 0 Å².